The number of hydrogen-bond acceptors (Lipinski definition) is 4. The van der Waals surface area contributed by atoms with Crippen LogP contribution in [0.1, 0.15) is 16.9 Å². The molecule has 9 aromatic carbocycles. The van der Waals surface area contributed by atoms with Gasteiger partial charge in [0.15, 0.2) is 17.5 Å². The fourth-order valence-electron chi connectivity index (χ4n) is 9.70. The maximum atomic E-state index is 6.65. The summed E-state index contributed by atoms with van der Waals surface area (Å²) in [6.07, 6.45) is 4.16. The molecule has 0 saturated heterocycles. The number of fused-ring (bicyclic) bond motifs is 5. The molecule has 0 N–H and O–H groups in total. The minimum atomic E-state index is 0.553. The molecule has 0 bridgehead atoms. The largest absolute Gasteiger partial charge is 0.461 e. The van der Waals surface area contributed by atoms with Gasteiger partial charge in [0.05, 0.1) is 11.0 Å². The van der Waals surface area contributed by atoms with Crippen molar-refractivity contribution in [2.75, 3.05) is 0 Å². The fourth-order valence-corrected chi connectivity index (χ4v) is 9.70. The average molecular weight is 885 g/mol. The zero-order chi connectivity index (χ0) is 46.3. The van der Waals surface area contributed by atoms with E-state index in [1.54, 1.807) is 0 Å². The van der Waals surface area contributed by atoms with E-state index in [-0.39, 0.29) is 0 Å². The van der Waals surface area contributed by atoms with Crippen LogP contribution in [0.3, 0.4) is 0 Å². The molecule has 0 atom stereocenters. The number of para-hydroxylation sites is 2. The lowest BCUT2D eigenvalue weighted by Gasteiger charge is -2.16. The minimum absolute atomic E-state index is 0.553. The second-order valence-electron chi connectivity index (χ2n) is 17.2. The molecular weight excluding hydrogens is 841 g/mol. The maximum absolute atomic E-state index is 6.65. The van der Waals surface area contributed by atoms with Gasteiger partial charge in [0.2, 0.25) is 0 Å². The van der Waals surface area contributed by atoms with Crippen molar-refractivity contribution >= 4 is 44.4 Å². The van der Waals surface area contributed by atoms with E-state index >= 15 is 0 Å². The van der Waals surface area contributed by atoms with Crippen molar-refractivity contribution < 1.29 is 4.42 Å². The molecule has 0 unspecified atom stereocenters. The summed E-state index contributed by atoms with van der Waals surface area (Å²) in [5.74, 6) is 2.55. The standard InChI is InChI=1S/C64H44N4O/c1-3-43(40-55-42(2)69-59-36-35-58-60(61(55)59)54-31-19-20-32-57(54)68(58)52-29-17-8-18-30-52)53-34-33-48(51-38-49(44-21-9-4-10-22-44)37-50(39-51)45-23-11-5-12-24-45)41-56(53)64-66-62(46-25-13-6-14-26-46)65-63(67-64)47-27-15-7-16-28-47/h3-41H,1H2,2H3/b43-40+. The maximum Gasteiger partial charge on any atom is 0.164 e. The van der Waals surface area contributed by atoms with Crippen molar-refractivity contribution in [3.63, 3.8) is 0 Å². The number of aryl methyl sites for hydroxylation is 1. The van der Waals surface area contributed by atoms with E-state index in [0.717, 1.165) is 111 Å². The van der Waals surface area contributed by atoms with Gasteiger partial charge in [-0.15, -0.1) is 0 Å². The van der Waals surface area contributed by atoms with E-state index in [1.807, 2.05) is 73.7 Å². The Balaban J connectivity index is 1.12. The second kappa shape index (κ2) is 17.6. The van der Waals surface area contributed by atoms with Crippen molar-refractivity contribution in [1.82, 2.24) is 19.5 Å². The molecule has 0 fully saturated rings. The van der Waals surface area contributed by atoms with Gasteiger partial charge >= 0.3 is 0 Å². The Kier molecular flexibility index (Phi) is 10.5. The van der Waals surface area contributed by atoms with Crippen LogP contribution < -0.4 is 0 Å². The smallest absolute Gasteiger partial charge is 0.164 e. The van der Waals surface area contributed by atoms with Crippen LogP contribution in [0.2, 0.25) is 0 Å². The monoisotopic (exact) mass is 884 g/mol. The van der Waals surface area contributed by atoms with Gasteiger partial charge in [-0.2, -0.15) is 0 Å². The Hall–Kier alpha value is -9.19. The van der Waals surface area contributed by atoms with Crippen molar-refractivity contribution in [3.05, 3.63) is 254 Å². The number of benzene rings is 9. The molecule has 0 amide bonds. The van der Waals surface area contributed by atoms with Gasteiger partial charge in [0.1, 0.15) is 11.3 Å². The summed E-state index contributed by atoms with van der Waals surface area (Å²) in [4.78, 5) is 15.7. The van der Waals surface area contributed by atoms with Crippen LogP contribution >= 0.6 is 0 Å². The molecule has 3 aromatic heterocycles. The van der Waals surface area contributed by atoms with Gasteiger partial charge in [-0.25, -0.2) is 15.0 Å². The molecule has 12 aromatic rings. The lowest BCUT2D eigenvalue weighted by Crippen LogP contribution is -2.02. The molecule has 0 aliphatic carbocycles. The molecule has 3 heterocycles. The van der Waals surface area contributed by atoms with E-state index in [2.05, 4.69) is 181 Å². The van der Waals surface area contributed by atoms with Gasteiger partial charge in [0, 0.05) is 44.1 Å². The van der Waals surface area contributed by atoms with Crippen molar-refractivity contribution in [3.8, 4) is 73.2 Å². The molecule has 5 heteroatoms. The van der Waals surface area contributed by atoms with Gasteiger partial charge in [0.25, 0.3) is 0 Å². The zero-order valence-corrected chi connectivity index (χ0v) is 37.9. The van der Waals surface area contributed by atoms with E-state index in [0.29, 0.717) is 17.5 Å². The first kappa shape index (κ1) is 41.3. The quantitative estimate of drug-likeness (QED) is 0.128. The SMILES string of the molecule is C=C/C(=C\c1c(C)oc2ccc3c(c4ccccc4n3-c3ccccc3)c12)c1ccc(-c2cc(-c3ccccc3)cc(-c3ccccc3)c2)cc1-c1nc(-c2ccccc2)nc(-c2ccccc2)n1. The summed E-state index contributed by atoms with van der Waals surface area (Å²) in [5, 5.41) is 3.35. The minimum Gasteiger partial charge on any atom is -0.461 e. The Morgan fingerprint density at radius 3 is 1.54 bits per heavy atom. The highest BCUT2D eigenvalue weighted by atomic mass is 16.3. The number of furan rings is 1. The third-order valence-electron chi connectivity index (χ3n) is 13.0. The van der Waals surface area contributed by atoms with E-state index < -0.39 is 0 Å². The fraction of sp³-hybridized carbons (Fsp3) is 0.0156. The molecule has 326 valence electrons. The summed E-state index contributed by atoms with van der Waals surface area (Å²) in [5.41, 5.74) is 16.3. The highest BCUT2D eigenvalue weighted by Gasteiger charge is 2.22. The second-order valence-corrected chi connectivity index (χ2v) is 17.2. The Bertz CT molecular complexity index is 3780. The van der Waals surface area contributed by atoms with Gasteiger partial charge in [-0.05, 0) is 112 Å². The summed E-state index contributed by atoms with van der Waals surface area (Å²) in [7, 11) is 0. The van der Waals surface area contributed by atoms with E-state index in [4.69, 9.17) is 19.4 Å². The molecule has 69 heavy (non-hydrogen) atoms. The van der Waals surface area contributed by atoms with Crippen LogP contribution in [-0.4, -0.2) is 19.5 Å². The van der Waals surface area contributed by atoms with Crippen LogP contribution in [0.4, 0.5) is 0 Å². The predicted octanol–water partition coefficient (Wildman–Crippen LogP) is 16.8. The van der Waals surface area contributed by atoms with Crippen molar-refractivity contribution in [1.29, 1.82) is 0 Å². The number of allylic oxidation sites excluding steroid dienone is 2. The molecular formula is C64H44N4O. The molecule has 0 aliphatic heterocycles. The molecule has 0 spiro atoms. The molecule has 0 radical (unpaired) electrons. The van der Waals surface area contributed by atoms with Gasteiger partial charge in [-0.1, -0.05) is 183 Å². The summed E-state index contributed by atoms with van der Waals surface area (Å²) < 4.78 is 8.99. The first-order valence-electron chi connectivity index (χ1n) is 23.2. The number of aromatic nitrogens is 4. The van der Waals surface area contributed by atoms with Gasteiger partial charge in [-0.3, -0.25) is 0 Å². The first-order chi connectivity index (χ1) is 34.1. The normalized spacial score (nSPS) is 11.7. The van der Waals surface area contributed by atoms with Crippen LogP contribution in [0.5, 0.6) is 0 Å². The zero-order valence-electron chi connectivity index (χ0n) is 37.9. The van der Waals surface area contributed by atoms with Crippen molar-refractivity contribution in [2.45, 2.75) is 6.92 Å². The molecule has 0 aliphatic rings. The topological polar surface area (TPSA) is 56.7 Å². The lowest BCUT2D eigenvalue weighted by molar-refractivity contribution is 0.577. The molecule has 5 nitrogen and oxygen atoms in total. The van der Waals surface area contributed by atoms with E-state index in [1.165, 1.54) is 0 Å². The van der Waals surface area contributed by atoms with Gasteiger partial charge < -0.3 is 8.98 Å². The summed E-state index contributed by atoms with van der Waals surface area (Å²) in [6, 6.07) is 78.3. The van der Waals surface area contributed by atoms with Crippen molar-refractivity contribution in [2.24, 2.45) is 0 Å². The average Bonchev–Trinajstić information content (AvgIpc) is 3.94. The third kappa shape index (κ3) is 7.62. The lowest BCUT2D eigenvalue weighted by atomic mass is 9.90. The van der Waals surface area contributed by atoms with Crippen LogP contribution in [0.15, 0.2) is 242 Å². The number of nitrogens with zero attached hydrogens (tertiary/aromatic N) is 4. The van der Waals surface area contributed by atoms with Crippen LogP contribution in [-0.2, 0) is 0 Å². The number of hydrogen-bond donors (Lipinski definition) is 0. The highest BCUT2D eigenvalue weighted by Crippen LogP contribution is 2.43. The van der Waals surface area contributed by atoms with Crippen LogP contribution in [0.25, 0.3) is 118 Å². The van der Waals surface area contributed by atoms with E-state index in [9.17, 15) is 0 Å². The highest BCUT2D eigenvalue weighted by molar-refractivity contribution is 6.23. The summed E-state index contributed by atoms with van der Waals surface area (Å²) >= 11 is 0. The summed E-state index contributed by atoms with van der Waals surface area (Å²) in [6.45, 7) is 6.51. The first-order valence-corrected chi connectivity index (χ1v) is 23.2. The predicted molar refractivity (Wildman–Crippen MR) is 286 cm³/mol. The third-order valence-corrected chi connectivity index (χ3v) is 13.0. The van der Waals surface area contributed by atoms with Crippen LogP contribution in [0, 0.1) is 6.92 Å². The molecule has 12 rings (SSSR count). The Morgan fingerprint density at radius 1 is 0.449 bits per heavy atom. The molecule has 0 saturated carbocycles. The Labute approximate surface area is 400 Å². The number of rotatable bonds is 10. The Morgan fingerprint density at radius 2 is 0.957 bits per heavy atom.